The average Bonchev–Trinajstić information content (AvgIpc) is 3.03. The van der Waals surface area contributed by atoms with Gasteiger partial charge in [-0.2, -0.15) is 0 Å². The lowest BCUT2D eigenvalue weighted by atomic mass is 9.79. The van der Waals surface area contributed by atoms with Gasteiger partial charge in [0.25, 0.3) is 0 Å². The Morgan fingerprint density at radius 3 is 1.85 bits per heavy atom. The predicted molar refractivity (Wildman–Crippen MR) is 169 cm³/mol. The third-order valence-corrected chi connectivity index (χ3v) is 7.63. The Hall–Kier alpha value is -4.96. The zero-order valence-corrected chi connectivity index (χ0v) is 23.6. The third-order valence-electron chi connectivity index (χ3n) is 7.63. The van der Waals surface area contributed by atoms with E-state index in [0.29, 0.717) is 29.3 Å². The molecule has 0 saturated heterocycles. The van der Waals surface area contributed by atoms with Crippen LogP contribution in [0.3, 0.4) is 0 Å². The summed E-state index contributed by atoms with van der Waals surface area (Å²) in [6.07, 6.45) is 12.9. The van der Waals surface area contributed by atoms with Gasteiger partial charge in [0.15, 0.2) is 17.5 Å². The van der Waals surface area contributed by atoms with E-state index in [9.17, 15) is 0 Å². The van der Waals surface area contributed by atoms with Crippen LogP contribution in [0.1, 0.15) is 25.1 Å². The van der Waals surface area contributed by atoms with Gasteiger partial charge in [-0.15, -0.1) is 0 Å². The molecule has 0 fully saturated rings. The molecule has 1 aliphatic rings. The minimum Gasteiger partial charge on any atom is -0.261 e. The minimum absolute atomic E-state index is 0.326. The Bertz CT molecular complexity index is 1710. The highest BCUT2D eigenvalue weighted by Gasteiger charge is 2.22. The first-order chi connectivity index (χ1) is 20.1. The molecular formula is C37H32N4. The number of benzene rings is 3. The maximum atomic E-state index is 5.02. The topological polar surface area (TPSA) is 51.6 Å². The maximum Gasteiger partial charge on any atom is 0.164 e. The van der Waals surface area contributed by atoms with Crippen molar-refractivity contribution in [2.24, 2.45) is 11.8 Å². The Kier molecular flexibility index (Phi) is 7.46. The van der Waals surface area contributed by atoms with Gasteiger partial charge in [-0.3, -0.25) is 4.98 Å². The van der Waals surface area contributed by atoms with Gasteiger partial charge in [-0.25, -0.2) is 15.0 Å². The van der Waals surface area contributed by atoms with Crippen molar-refractivity contribution in [2.75, 3.05) is 0 Å². The zero-order valence-electron chi connectivity index (χ0n) is 23.6. The van der Waals surface area contributed by atoms with E-state index in [2.05, 4.69) is 80.4 Å². The van der Waals surface area contributed by atoms with E-state index in [-0.39, 0.29) is 0 Å². The van der Waals surface area contributed by atoms with Crippen molar-refractivity contribution in [2.45, 2.75) is 20.8 Å². The van der Waals surface area contributed by atoms with Crippen LogP contribution in [0.15, 0.2) is 128 Å². The standard InChI is InChI=1S/C37H32N4/c1-4-13-27-18-11-19-33(25(27)2)30-22-31(34-20-12-21-38-26(34)3)24-32(23-30)37-40-35(28-14-7-5-8-15-28)39-36(41-37)29-16-9-6-10-17-29/h4-25,27H,1-3H3/b13-4-/t25-,27?/m0/s1. The molecule has 4 nitrogen and oxygen atoms in total. The molecule has 2 atom stereocenters. The molecule has 4 heteroatoms. The second-order valence-corrected chi connectivity index (χ2v) is 10.4. The molecular weight excluding hydrogens is 500 g/mol. The molecule has 1 aliphatic carbocycles. The first kappa shape index (κ1) is 26.3. The summed E-state index contributed by atoms with van der Waals surface area (Å²) in [4.78, 5) is 19.5. The number of aromatic nitrogens is 4. The Labute approximate surface area is 241 Å². The average molecular weight is 533 g/mol. The maximum absolute atomic E-state index is 5.02. The molecule has 0 aliphatic heterocycles. The van der Waals surface area contributed by atoms with E-state index in [1.807, 2.05) is 72.9 Å². The van der Waals surface area contributed by atoms with Crippen molar-refractivity contribution >= 4 is 5.57 Å². The molecule has 0 saturated carbocycles. The van der Waals surface area contributed by atoms with E-state index in [1.165, 1.54) is 5.57 Å². The van der Waals surface area contributed by atoms with Crippen LogP contribution in [0, 0.1) is 18.8 Å². The summed E-state index contributed by atoms with van der Waals surface area (Å²) >= 11 is 0. The summed E-state index contributed by atoms with van der Waals surface area (Å²) in [7, 11) is 0. The van der Waals surface area contributed by atoms with E-state index in [1.54, 1.807) is 0 Å². The largest absolute Gasteiger partial charge is 0.261 e. The Morgan fingerprint density at radius 1 is 0.659 bits per heavy atom. The van der Waals surface area contributed by atoms with Crippen LogP contribution in [0.4, 0.5) is 0 Å². The van der Waals surface area contributed by atoms with Gasteiger partial charge in [-0.05, 0) is 60.7 Å². The smallest absolute Gasteiger partial charge is 0.164 e. The van der Waals surface area contributed by atoms with Crippen molar-refractivity contribution in [3.63, 3.8) is 0 Å². The molecule has 6 rings (SSSR count). The molecule has 5 aromatic rings. The molecule has 0 radical (unpaired) electrons. The number of aryl methyl sites for hydroxylation is 1. The zero-order chi connectivity index (χ0) is 28.2. The van der Waals surface area contributed by atoms with Crippen LogP contribution in [0.5, 0.6) is 0 Å². The summed E-state index contributed by atoms with van der Waals surface area (Å²) in [5.74, 6) is 2.62. The van der Waals surface area contributed by atoms with Crippen molar-refractivity contribution in [1.29, 1.82) is 0 Å². The number of pyridine rings is 1. The van der Waals surface area contributed by atoms with Gasteiger partial charge >= 0.3 is 0 Å². The molecule has 0 spiro atoms. The van der Waals surface area contributed by atoms with Crippen LogP contribution in [0.2, 0.25) is 0 Å². The molecule has 3 aromatic carbocycles. The third kappa shape index (κ3) is 5.55. The van der Waals surface area contributed by atoms with Crippen molar-refractivity contribution in [3.05, 3.63) is 139 Å². The first-order valence-electron chi connectivity index (χ1n) is 14.1. The fourth-order valence-corrected chi connectivity index (χ4v) is 5.43. The van der Waals surface area contributed by atoms with Crippen molar-refractivity contribution in [3.8, 4) is 45.3 Å². The van der Waals surface area contributed by atoms with Crippen molar-refractivity contribution in [1.82, 2.24) is 19.9 Å². The highest BCUT2D eigenvalue weighted by molar-refractivity contribution is 5.81. The number of nitrogens with zero attached hydrogens (tertiary/aromatic N) is 4. The summed E-state index contributed by atoms with van der Waals surface area (Å²) in [6.45, 7) is 6.43. The molecule has 0 bridgehead atoms. The number of hydrogen-bond donors (Lipinski definition) is 0. The van der Waals surface area contributed by atoms with E-state index < -0.39 is 0 Å². The lowest BCUT2D eigenvalue weighted by Crippen LogP contribution is -2.12. The SMILES string of the molecule is C/C=C\C1C=CC=C(c2cc(-c3nc(-c4ccccc4)nc(-c4ccccc4)n3)cc(-c3cccnc3C)c2)[C@H]1C. The highest BCUT2D eigenvalue weighted by atomic mass is 15.0. The van der Waals surface area contributed by atoms with Crippen molar-refractivity contribution < 1.29 is 0 Å². The monoisotopic (exact) mass is 532 g/mol. The summed E-state index contributed by atoms with van der Waals surface area (Å²) in [5.41, 5.74) is 8.49. The number of rotatable bonds is 6. The fourth-order valence-electron chi connectivity index (χ4n) is 5.43. The second kappa shape index (κ2) is 11.6. The number of allylic oxidation sites excluding steroid dienone is 6. The summed E-state index contributed by atoms with van der Waals surface area (Å²) in [6, 6.07) is 31.0. The second-order valence-electron chi connectivity index (χ2n) is 10.4. The van der Waals surface area contributed by atoms with Crippen LogP contribution < -0.4 is 0 Å². The molecule has 2 aromatic heterocycles. The van der Waals surface area contributed by atoms with Gasteiger partial charge in [0.05, 0.1) is 0 Å². The summed E-state index contributed by atoms with van der Waals surface area (Å²) < 4.78 is 0. The van der Waals surface area contributed by atoms with Gasteiger partial charge in [-0.1, -0.05) is 104 Å². The van der Waals surface area contributed by atoms with Gasteiger partial charge in [0.2, 0.25) is 0 Å². The lowest BCUT2D eigenvalue weighted by molar-refractivity contribution is 0.623. The Balaban J connectivity index is 1.57. The number of hydrogen-bond acceptors (Lipinski definition) is 4. The Morgan fingerprint density at radius 2 is 1.24 bits per heavy atom. The van der Waals surface area contributed by atoms with Crippen LogP contribution in [-0.2, 0) is 0 Å². The lowest BCUT2D eigenvalue weighted by Gasteiger charge is -2.25. The molecule has 1 unspecified atom stereocenters. The first-order valence-corrected chi connectivity index (χ1v) is 14.1. The van der Waals surface area contributed by atoms with Gasteiger partial charge in [0, 0.05) is 40.1 Å². The highest BCUT2D eigenvalue weighted by Crippen LogP contribution is 2.38. The fraction of sp³-hybridized carbons (Fsp3) is 0.135. The molecule has 2 heterocycles. The molecule has 0 N–H and O–H groups in total. The predicted octanol–water partition coefficient (Wildman–Crippen LogP) is 9.02. The normalized spacial score (nSPS) is 16.6. The van der Waals surface area contributed by atoms with Crippen LogP contribution in [0.25, 0.3) is 50.9 Å². The molecule has 0 amide bonds. The van der Waals surface area contributed by atoms with Gasteiger partial charge in [0.1, 0.15) is 0 Å². The molecule has 200 valence electrons. The van der Waals surface area contributed by atoms with E-state index in [0.717, 1.165) is 39.1 Å². The minimum atomic E-state index is 0.326. The van der Waals surface area contributed by atoms with E-state index in [4.69, 9.17) is 15.0 Å². The van der Waals surface area contributed by atoms with Crippen LogP contribution >= 0.6 is 0 Å². The van der Waals surface area contributed by atoms with Crippen LogP contribution in [-0.4, -0.2) is 19.9 Å². The summed E-state index contributed by atoms with van der Waals surface area (Å²) in [5, 5.41) is 0. The quantitative estimate of drug-likeness (QED) is 0.205. The van der Waals surface area contributed by atoms with Gasteiger partial charge < -0.3 is 0 Å². The van der Waals surface area contributed by atoms with E-state index >= 15 is 0 Å². The molecule has 41 heavy (non-hydrogen) atoms.